The third-order valence-electron chi connectivity index (χ3n) is 5.83. The third-order valence-corrected chi connectivity index (χ3v) is 5.83. The fraction of sp³-hybridized carbons (Fsp3) is 0.129. The molecule has 0 saturated carbocycles. The van der Waals surface area contributed by atoms with E-state index < -0.39 is 30.2 Å². The van der Waals surface area contributed by atoms with E-state index in [9.17, 15) is 24.0 Å². The van der Waals surface area contributed by atoms with Gasteiger partial charge < -0.3 is 24.5 Å². The van der Waals surface area contributed by atoms with Crippen molar-refractivity contribution in [1.29, 1.82) is 0 Å². The number of aryl methyl sites for hydroxylation is 1. The molecule has 0 aliphatic carbocycles. The highest BCUT2D eigenvalue weighted by atomic mass is 16.5. The number of rotatable bonds is 11. The fourth-order valence-electron chi connectivity index (χ4n) is 3.65. The number of hydrogen-bond acceptors (Lipinski definition) is 8. The van der Waals surface area contributed by atoms with E-state index in [4.69, 9.17) is 13.9 Å². The highest BCUT2D eigenvalue weighted by molar-refractivity contribution is 6.05. The first kappa shape index (κ1) is 28.5. The molecule has 0 unspecified atom stereocenters. The molecule has 0 saturated heterocycles. The van der Waals surface area contributed by atoms with E-state index in [1.54, 1.807) is 30.3 Å². The van der Waals surface area contributed by atoms with Crippen LogP contribution in [-0.2, 0) is 14.3 Å². The number of ether oxygens (including phenoxy) is 2. The summed E-state index contributed by atoms with van der Waals surface area (Å²) >= 11 is 0. The topological polar surface area (TPSA) is 141 Å². The maximum atomic E-state index is 12.6. The summed E-state index contributed by atoms with van der Waals surface area (Å²) in [6, 6.07) is 22.6. The number of hydrogen-bond donors (Lipinski definition) is 2. The summed E-state index contributed by atoms with van der Waals surface area (Å²) < 4.78 is 15.1. The Morgan fingerprint density at radius 2 is 1.56 bits per heavy atom. The predicted octanol–water partition coefficient (Wildman–Crippen LogP) is 5.20. The van der Waals surface area contributed by atoms with Gasteiger partial charge in [-0.05, 0) is 73.2 Å². The van der Waals surface area contributed by atoms with Crippen LogP contribution in [0.5, 0.6) is 5.75 Å². The van der Waals surface area contributed by atoms with Crippen LogP contribution < -0.4 is 15.4 Å². The number of nitrogens with one attached hydrogen (secondary N) is 2. The van der Waals surface area contributed by atoms with Gasteiger partial charge in [0.15, 0.2) is 12.4 Å². The molecule has 0 atom stereocenters. The molecule has 0 aliphatic heterocycles. The summed E-state index contributed by atoms with van der Waals surface area (Å²) in [5.41, 5.74) is 2.61. The van der Waals surface area contributed by atoms with Crippen molar-refractivity contribution in [2.24, 2.45) is 0 Å². The lowest BCUT2D eigenvalue weighted by Gasteiger charge is -2.10. The van der Waals surface area contributed by atoms with Crippen LogP contribution in [0.2, 0.25) is 0 Å². The molecule has 4 rings (SSSR count). The van der Waals surface area contributed by atoms with Crippen molar-refractivity contribution < 1.29 is 37.9 Å². The van der Waals surface area contributed by atoms with Crippen molar-refractivity contribution in [2.45, 2.75) is 19.8 Å². The predicted molar refractivity (Wildman–Crippen MR) is 149 cm³/mol. The van der Waals surface area contributed by atoms with Crippen molar-refractivity contribution in [3.63, 3.8) is 0 Å². The Balaban J connectivity index is 1.19. The number of esters is 2. The quantitative estimate of drug-likeness (QED) is 0.146. The molecule has 1 aromatic heterocycles. The molecule has 0 spiro atoms. The lowest BCUT2D eigenvalue weighted by Crippen LogP contribution is -2.18. The minimum atomic E-state index is -0.719. The largest absolute Gasteiger partial charge is 0.457 e. The van der Waals surface area contributed by atoms with Crippen LogP contribution in [-0.4, -0.2) is 36.1 Å². The van der Waals surface area contributed by atoms with Crippen molar-refractivity contribution in [1.82, 2.24) is 0 Å². The minimum absolute atomic E-state index is 0.0422. The molecule has 208 valence electrons. The number of anilines is 2. The number of carbonyl (C=O) groups excluding carboxylic acids is 5. The Labute approximate surface area is 235 Å². The molecule has 1 heterocycles. The zero-order valence-electron chi connectivity index (χ0n) is 22.0. The molecule has 3 aromatic carbocycles. The fourth-order valence-corrected chi connectivity index (χ4v) is 3.65. The van der Waals surface area contributed by atoms with Gasteiger partial charge in [-0.1, -0.05) is 24.3 Å². The zero-order chi connectivity index (χ0) is 29.2. The van der Waals surface area contributed by atoms with Crippen molar-refractivity contribution >= 4 is 40.9 Å². The van der Waals surface area contributed by atoms with E-state index in [2.05, 4.69) is 10.6 Å². The highest BCUT2D eigenvalue weighted by Gasteiger charge is 2.15. The summed E-state index contributed by atoms with van der Waals surface area (Å²) in [6.07, 6.45) is 0.928. The monoisotopic (exact) mass is 554 g/mol. The standard InChI is InChI=1S/C31H26N2O8/c1-20-6-2-3-9-25(20)33-30(37)22-7-4-8-23(18-22)32-28(35)15-16-29(36)40-19-26(34)21-11-13-24(14-12-21)41-31(38)27-10-5-17-39-27/h2-14,17-18H,15-16,19H2,1H3,(H,32,35)(H,33,37). The minimum Gasteiger partial charge on any atom is -0.457 e. The van der Waals surface area contributed by atoms with Gasteiger partial charge in [-0.25, -0.2) is 4.79 Å². The van der Waals surface area contributed by atoms with E-state index in [1.807, 2.05) is 25.1 Å². The normalized spacial score (nSPS) is 10.4. The second kappa shape index (κ2) is 13.5. The second-order valence-corrected chi connectivity index (χ2v) is 8.87. The number of amides is 2. The average molecular weight is 555 g/mol. The van der Waals surface area contributed by atoms with E-state index >= 15 is 0 Å². The molecule has 0 fully saturated rings. The second-order valence-electron chi connectivity index (χ2n) is 8.87. The highest BCUT2D eigenvalue weighted by Crippen LogP contribution is 2.18. The molecular formula is C31H26N2O8. The molecule has 41 heavy (non-hydrogen) atoms. The van der Waals surface area contributed by atoms with Crippen LogP contribution in [0.25, 0.3) is 0 Å². The third kappa shape index (κ3) is 8.24. The summed E-state index contributed by atoms with van der Waals surface area (Å²) in [5.74, 6) is -2.39. The maximum Gasteiger partial charge on any atom is 0.379 e. The molecule has 10 heteroatoms. The van der Waals surface area contributed by atoms with Crippen LogP contribution in [0, 0.1) is 6.92 Å². The van der Waals surface area contributed by atoms with Gasteiger partial charge >= 0.3 is 11.9 Å². The lowest BCUT2D eigenvalue weighted by atomic mass is 10.1. The van der Waals surface area contributed by atoms with E-state index in [0.717, 1.165) is 5.56 Å². The Kier molecular flexibility index (Phi) is 9.40. The molecule has 10 nitrogen and oxygen atoms in total. The van der Waals surface area contributed by atoms with Crippen LogP contribution in [0.3, 0.4) is 0 Å². The smallest absolute Gasteiger partial charge is 0.379 e. The SMILES string of the molecule is Cc1ccccc1NC(=O)c1cccc(NC(=O)CCC(=O)OCC(=O)c2ccc(OC(=O)c3ccco3)cc2)c1. The number of para-hydroxylation sites is 1. The summed E-state index contributed by atoms with van der Waals surface area (Å²) in [6.45, 7) is 1.37. The molecule has 2 amide bonds. The Morgan fingerprint density at radius 1 is 0.780 bits per heavy atom. The van der Waals surface area contributed by atoms with Crippen molar-refractivity contribution in [3.05, 3.63) is 114 Å². The van der Waals surface area contributed by atoms with Crippen LogP contribution in [0.4, 0.5) is 11.4 Å². The van der Waals surface area contributed by atoms with Crippen LogP contribution in [0.1, 0.15) is 49.7 Å². The van der Waals surface area contributed by atoms with Gasteiger partial charge in [-0.3, -0.25) is 19.2 Å². The zero-order valence-corrected chi connectivity index (χ0v) is 22.0. The number of Topliss-reactive ketones (excluding diaryl/α,β-unsaturated/α-hetero) is 1. The molecule has 0 bridgehead atoms. The average Bonchev–Trinajstić information content (AvgIpc) is 3.52. The van der Waals surface area contributed by atoms with Gasteiger partial charge in [0, 0.05) is 28.9 Å². The van der Waals surface area contributed by atoms with Crippen LogP contribution >= 0.6 is 0 Å². The first-order valence-corrected chi connectivity index (χ1v) is 12.6. The number of ketones is 1. The molecule has 2 N–H and O–H groups in total. The van der Waals surface area contributed by atoms with Crippen LogP contribution in [0.15, 0.2) is 95.6 Å². The van der Waals surface area contributed by atoms with Crippen molar-refractivity contribution in [3.8, 4) is 5.75 Å². The van der Waals surface area contributed by atoms with Gasteiger partial charge in [-0.15, -0.1) is 0 Å². The van der Waals surface area contributed by atoms with E-state index in [1.165, 1.54) is 42.7 Å². The number of carbonyl (C=O) groups is 5. The number of benzene rings is 3. The Hall–Kier alpha value is -5.51. The van der Waals surface area contributed by atoms with Gasteiger partial charge in [0.2, 0.25) is 11.7 Å². The first-order chi connectivity index (χ1) is 19.8. The van der Waals surface area contributed by atoms with E-state index in [0.29, 0.717) is 16.9 Å². The molecule has 0 radical (unpaired) electrons. The van der Waals surface area contributed by atoms with Gasteiger partial charge in [0.1, 0.15) is 5.75 Å². The summed E-state index contributed by atoms with van der Waals surface area (Å²) in [5, 5.41) is 5.48. The Morgan fingerprint density at radius 3 is 2.29 bits per heavy atom. The van der Waals surface area contributed by atoms with Gasteiger partial charge in [0.05, 0.1) is 12.7 Å². The maximum absolute atomic E-state index is 12.6. The van der Waals surface area contributed by atoms with Gasteiger partial charge in [0.25, 0.3) is 5.91 Å². The lowest BCUT2D eigenvalue weighted by molar-refractivity contribution is -0.143. The molecule has 4 aromatic rings. The molecular weight excluding hydrogens is 528 g/mol. The molecule has 0 aliphatic rings. The Bertz CT molecular complexity index is 1560. The number of furan rings is 1. The first-order valence-electron chi connectivity index (χ1n) is 12.6. The summed E-state index contributed by atoms with van der Waals surface area (Å²) in [7, 11) is 0. The summed E-state index contributed by atoms with van der Waals surface area (Å²) in [4.78, 5) is 61.3. The van der Waals surface area contributed by atoms with E-state index in [-0.39, 0.29) is 35.8 Å². The van der Waals surface area contributed by atoms with Crippen molar-refractivity contribution in [2.75, 3.05) is 17.2 Å². The van der Waals surface area contributed by atoms with Gasteiger partial charge in [-0.2, -0.15) is 0 Å².